The molecule has 0 aromatic carbocycles. The summed E-state index contributed by atoms with van der Waals surface area (Å²) in [6.45, 7) is 0. The Morgan fingerprint density at radius 2 is 2.26 bits per heavy atom. The Hall–Kier alpha value is -1.45. The number of hydrogen-bond acceptors (Lipinski definition) is 6. The van der Waals surface area contributed by atoms with Crippen LogP contribution in [0.25, 0.3) is 0 Å². The third kappa shape index (κ3) is 3.31. The van der Waals surface area contributed by atoms with Crippen LogP contribution >= 0.6 is 39.0 Å². The van der Waals surface area contributed by atoms with Crippen LogP contribution in [0.2, 0.25) is 0 Å². The second-order valence-corrected chi connectivity index (χ2v) is 6.18. The second-order valence-electron chi connectivity index (χ2n) is 3.29. The Labute approximate surface area is 123 Å². The average Bonchev–Trinajstić information content (AvgIpc) is 2.80. The normalized spacial score (nSPS) is 10.4. The van der Waals surface area contributed by atoms with E-state index >= 15 is 0 Å². The third-order valence-electron chi connectivity index (χ3n) is 2.00. The van der Waals surface area contributed by atoms with Gasteiger partial charge in [0.2, 0.25) is 0 Å². The van der Waals surface area contributed by atoms with Crippen LogP contribution in [0, 0.1) is 10.1 Å². The monoisotopic (exact) mass is 360 g/mol. The lowest BCUT2D eigenvalue weighted by Crippen LogP contribution is -1.93. The number of nitro groups is 1. The molecule has 9 heteroatoms. The highest BCUT2D eigenvalue weighted by atomic mass is 79.9. The van der Waals surface area contributed by atoms with Gasteiger partial charge in [0.05, 0.1) is 4.92 Å². The molecule has 0 spiro atoms. The molecule has 6 nitrogen and oxygen atoms in total. The van der Waals surface area contributed by atoms with Gasteiger partial charge in [-0.15, -0.1) is 11.3 Å². The van der Waals surface area contributed by atoms with E-state index in [1.165, 1.54) is 18.3 Å². The minimum Gasteiger partial charge on any atom is -0.477 e. The van der Waals surface area contributed by atoms with Gasteiger partial charge in [0.15, 0.2) is 5.03 Å². The van der Waals surface area contributed by atoms with Crippen molar-refractivity contribution in [2.75, 3.05) is 0 Å². The summed E-state index contributed by atoms with van der Waals surface area (Å²) in [5.41, 5.74) is -0.123. The molecule has 0 amide bonds. The van der Waals surface area contributed by atoms with Crippen LogP contribution in [-0.2, 0) is 0 Å². The topological polar surface area (TPSA) is 93.3 Å². The second kappa shape index (κ2) is 5.68. The fraction of sp³-hybridized carbons (Fsp3) is 0. The zero-order valence-electron chi connectivity index (χ0n) is 9.07. The van der Waals surface area contributed by atoms with Gasteiger partial charge in [-0.1, -0.05) is 11.8 Å². The molecule has 0 bridgehead atoms. The summed E-state index contributed by atoms with van der Waals surface area (Å²) in [5.74, 6) is -1.02. The van der Waals surface area contributed by atoms with Crippen molar-refractivity contribution in [2.45, 2.75) is 9.92 Å². The first kappa shape index (κ1) is 14.0. The van der Waals surface area contributed by atoms with Crippen LogP contribution in [-0.4, -0.2) is 21.0 Å². The van der Waals surface area contributed by atoms with Crippen molar-refractivity contribution in [3.05, 3.63) is 43.2 Å². The van der Waals surface area contributed by atoms with Crippen LogP contribution < -0.4 is 0 Å². The van der Waals surface area contributed by atoms with Crippen LogP contribution in [0.4, 0.5) is 5.69 Å². The van der Waals surface area contributed by atoms with E-state index in [0.717, 1.165) is 23.1 Å². The molecule has 0 radical (unpaired) electrons. The zero-order valence-corrected chi connectivity index (χ0v) is 12.3. The highest BCUT2D eigenvalue weighted by Gasteiger charge is 2.18. The van der Waals surface area contributed by atoms with Gasteiger partial charge < -0.3 is 5.11 Å². The largest absolute Gasteiger partial charge is 0.477 e. The van der Waals surface area contributed by atoms with E-state index in [1.807, 2.05) is 0 Å². The van der Waals surface area contributed by atoms with Crippen LogP contribution in [0.3, 0.4) is 0 Å². The number of carboxylic acid groups (broad SMARTS) is 1. The molecular weight excluding hydrogens is 356 g/mol. The molecule has 2 heterocycles. The highest BCUT2D eigenvalue weighted by molar-refractivity contribution is 9.10. The first-order valence-electron chi connectivity index (χ1n) is 4.77. The van der Waals surface area contributed by atoms with E-state index in [-0.39, 0.29) is 15.6 Å². The lowest BCUT2D eigenvalue weighted by atomic mass is 10.4. The highest BCUT2D eigenvalue weighted by Crippen LogP contribution is 2.36. The predicted molar refractivity (Wildman–Crippen MR) is 74.0 cm³/mol. The van der Waals surface area contributed by atoms with E-state index < -0.39 is 10.9 Å². The van der Waals surface area contributed by atoms with Crippen molar-refractivity contribution in [3.63, 3.8) is 0 Å². The summed E-state index contributed by atoms with van der Waals surface area (Å²) < 4.78 is 0.514. The van der Waals surface area contributed by atoms with E-state index in [4.69, 9.17) is 5.11 Å². The van der Waals surface area contributed by atoms with Gasteiger partial charge in [0.1, 0.15) is 4.88 Å². The Morgan fingerprint density at radius 1 is 1.53 bits per heavy atom. The molecule has 0 aliphatic heterocycles. The molecule has 0 unspecified atom stereocenters. The van der Waals surface area contributed by atoms with Gasteiger partial charge in [-0.25, -0.2) is 9.78 Å². The molecule has 19 heavy (non-hydrogen) atoms. The molecule has 0 saturated carbocycles. The summed E-state index contributed by atoms with van der Waals surface area (Å²) in [5, 5.41) is 21.6. The molecule has 2 aromatic rings. The Morgan fingerprint density at radius 3 is 2.84 bits per heavy atom. The molecule has 0 saturated heterocycles. The van der Waals surface area contributed by atoms with Gasteiger partial charge in [0.25, 0.3) is 0 Å². The minimum atomic E-state index is -1.02. The fourth-order valence-electron chi connectivity index (χ4n) is 1.22. The van der Waals surface area contributed by atoms with Crippen molar-refractivity contribution in [1.82, 2.24) is 4.98 Å². The zero-order chi connectivity index (χ0) is 14.0. The number of nitrogens with zero attached hydrogens (tertiary/aromatic N) is 2. The standard InChI is InChI=1S/C10H5BrN2O4S2/c11-5-1-7(13(16)17)9(12-3-5)19-6-2-8(10(14)15)18-4-6/h1-4H,(H,14,15). The van der Waals surface area contributed by atoms with Gasteiger partial charge >= 0.3 is 11.7 Å². The lowest BCUT2D eigenvalue weighted by molar-refractivity contribution is -0.388. The molecule has 2 aromatic heterocycles. The van der Waals surface area contributed by atoms with Gasteiger partial charge in [-0.2, -0.15) is 0 Å². The number of aromatic carboxylic acids is 1. The maximum absolute atomic E-state index is 10.9. The molecule has 1 N–H and O–H groups in total. The van der Waals surface area contributed by atoms with E-state index in [0.29, 0.717) is 9.37 Å². The Balaban J connectivity index is 2.32. The molecule has 0 fully saturated rings. The molecule has 0 aliphatic rings. The summed E-state index contributed by atoms with van der Waals surface area (Å²) in [7, 11) is 0. The average molecular weight is 361 g/mol. The van der Waals surface area contributed by atoms with Crippen LogP contribution in [0.5, 0.6) is 0 Å². The number of rotatable bonds is 4. The van der Waals surface area contributed by atoms with Crippen LogP contribution in [0.15, 0.2) is 38.1 Å². The molecular formula is C10H5BrN2O4S2. The number of hydrogen-bond donors (Lipinski definition) is 1. The smallest absolute Gasteiger partial charge is 0.345 e. The number of aromatic nitrogens is 1. The summed E-state index contributed by atoms with van der Waals surface area (Å²) in [4.78, 5) is 25.9. The van der Waals surface area contributed by atoms with Crippen molar-refractivity contribution < 1.29 is 14.8 Å². The van der Waals surface area contributed by atoms with E-state index in [2.05, 4.69) is 20.9 Å². The van der Waals surface area contributed by atoms with Gasteiger partial charge in [-0.05, 0) is 22.0 Å². The van der Waals surface area contributed by atoms with Crippen molar-refractivity contribution in [2.24, 2.45) is 0 Å². The van der Waals surface area contributed by atoms with Crippen molar-refractivity contribution in [1.29, 1.82) is 0 Å². The van der Waals surface area contributed by atoms with E-state index in [1.54, 1.807) is 5.38 Å². The van der Waals surface area contributed by atoms with Crippen LogP contribution in [0.1, 0.15) is 9.67 Å². The predicted octanol–water partition coefficient (Wildman–Crippen LogP) is 3.66. The number of halogens is 1. The van der Waals surface area contributed by atoms with Crippen molar-refractivity contribution in [3.8, 4) is 0 Å². The van der Waals surface area contributed by atoms with Crippen molar-refractivity contribution >= 4 is 50.7 Å². The summed E-state index contributed by atoms with van der Waals surface area (Å²) in [6.07, 6.45) is 1.46. The van der Waals surface area contributed by atoms with E-state index in [9.17, 15) is 14.9 Å². The summed E-state index contributed by atoms with van der Waals surface area (Å²) >= 11 is 5.25. The maximum atomic E-state index is 10.9. The number of carbonyl (C=O) groups is 1. The summed E-state index contributed by atoms with van der Waals surface area (Å²) in [6, 6.07) is 2.82. The van der Waals surface area contributed by atoms with Gasteiger partial charge in [-0.3, -0.25) is 10.1 Å². The molecule has 0 atom stereocenters. The first-order valence-corrected chi connectivity index (χ1v) is 7.26. The Kier molecular flexibility index (Phi) is 4.17. The van der Waals surface area contributed by atoms with Gasteiger partial charge in [0, 0.05) is 27.0 Å². The molecule has 2 rings (SSSR count). The number of thiophene rings is 1. The third-order valence-corrected chi connectivity index (χ3v) is 4.48. The maximum Gasteiger partial charge on any atom is 0.345 e. The number of carboxylic acids is 1. The Bertz CT molecular complexity index is 659. The lowest BCUT2D eigenvalue weighted by Gasteiger charge is -2.00. The SMILES string of the molecule is O=C(O)c1cc(Sc2ncc(Br)cc2[N+](=O)[O-])cs1. The minimum absolute atomic E-state index is 0.123. The molecule has 0 aliphatic carbocycles. The first-order chi connectivity index (χ1) is 8.97. The fourth-order valence-corrected chi connectivity index (χ4v) is 3.30. The molecule has 98 valence electrons. The quantitative estimate of drug-likeness (QED) is 0.660. The number of pyridine rings is 1.